The van der Waals surface area contributed by atoms with Crippen molar-refractivity contribution in [3.8, 4) is 0 Å². The van der Waals surface area contributed by atoms with Crippen LogP contribution in [0.3, 0.4) is 0 Å². The molecule has 1 aliphatic carbocycles. The van der Waals surface area contributed by atoms with Crippen molar-refractivity contribution in [2.75, 3.05) is 19.5 Å². The number of nitrogens with one attached hydrogen (secondary N) is 3. The van der Waals surface area contributed by atoms with Crippen LogP contribution in [0.4, 0.5) is 24.1 Å². The minimum absolute atomic E-state index is 0.00695. The van der Waals surface area contributed by atoms with Crippen molar-refractivity contribution in [1.82, 2.24) is 10.6 Å². The number of hydrogen-bond donors (Lipinski definition) is 3. The van der Waals surface area contributed by atoms with Crippen LogP contribution in [0.15, 0.2) is 53.5 Å². The molecule has 0 aromatic heterocycles. The fraction of sp³-hybridized carbons (Fsp3) is 0.500. The van der Waals surface area contributed by atoms with Gasteiger partial charge in [0.25, 0.3) is 5.92 Å². The summed E-state index contributed by atoms with van der Waals surface area (Å²) in [4.78, 5) is 42.7. The van der Waals surface area contributed by atoms with E-state index in [-0.39, 0.29) is 42.5 Å². The number of anilines is 1. The molecule has 0 saturated heterocycles. The third-order valence-corrected chi connectivity index (χ3v) is 7.55. The van der Waals surface area contributed by atoms with Gasteiger partial charge in [-0.2, -0.15) is 0 Å². The first kappa shape index (κ1) is 36.5. The van der Waals surface area contributed by atoms with E-state index in [2.05, 4.69) is 20.9 Å². The van der Waals surface area contributed by atoms with Gasteiger partial charge in [-0.25, -0.2) is 23.4 Å². The number of alkyl carbamates (subject to hydrolysis) is 1. The molecule has 0 radical (unpaired) electrons. The maximum absolute atomic E-state index is 14.4. The molecule has 2 unspecified atom stereocenters. The molecule has 3 rings (SSSR count). The van der Waals surface area contributed by atoms with Crippen LogP contribution in [0.2, 0.25) is 5.02 Å². The van der Waals surface area contributed by atoms with Gasteiger partial charge in [0.2, 0.25) is 5.96 Å². The fourth-order valence-corrected chi connectivity index (χ4v) is 5.26. The number of benzene rings is 2. The Morgan fingerprint density at radius 3 is 2.35 bits per heavy atom. The van der Waals surface area contributed by atoms with Crippen LogP contribution in [0.25, 0.3) is 0 Å². The summed E-state index contributed by atoms with van der Waals surface area (Å²) in [5.41, 5.74) is -0.981. The van der Waals surface area contributed by atoms with Crippen LogP contribution in [0.5, 0.6) is 0 Å². The highest BCUT2D eigenvalue weighted by Gasteiger charge is 2.45. The van der Waals surface area contributed by atoms with Gasteiger partial charge in [0.05, 0.1) is 35.8 Å². The summed E-state index contributed by atoms with van der Waals surface area (Å²) in [7, 11) is 2.42. The lowest BCUT2D eigenvalue weighted by molar-refractivity contribution is -0.148. The number of aliphatic imine (C=N–C) groups is 1. The van der Waals surface area contributed by atoms with Crippen LogP contribution < -0.4 is 16.0 Å². The van der Waals surface area contributed by atoms with Crippen molar-refractivity contribution < 1.29 is 42.1 Å². The summed E-state index contributed by atoms with van der Waals surface area (Å²) < 4.78 is 49.4. The van der Waals surface area contributed by atoms with E-state index in [0.717, 1.165) is 5.56 Å². The van der Waals surface area contributed by atoms with E-state index in [0.29, 0.717) is 5.56 Å². The zero-order valence-electron chi connectivity index (χ0n) is 26.7. The molecule has 46 heavy (non-hydrogen) atoms. The van der Waals surface area contributed by atoms with Crippen molar-refractivity contribution in [2.45, 2.75) is 89.2 Å². The smallest absolute Gasteiger partial charge is 0.414 e. The number of alkyl halides is 2. The molecule has 1 aliphatic rings. The van der Waals surface area contributed by atoms with E-state index in [1.807, 2.05) is 30.3 Å². The number of methoxy groups -OCH3 is 2. The van der Waals surface area contributed by atoms with Gasteiger partial charge < -0.3 is 24.3 Å². The van der Waals surface area contributed by atoms with Crippen LogP contribution >= 0.6 is 11.6 Å². The molecule has 11 nitrogen and oxygen atoms in total. The van der Waals surface area contributed by atoms with Crippen LogP contribution in [-0.2, 0) is 35.9 Å². The summed E-state index contributed by atoms with van der Waals surface area (Å²) >= 11 is 6.80. The third kappa shape index (κ3) is 10.5. The number of ether oxygens (including phenoxy) is 4. The van der Waals surface area contributed by atoms with E-state index in [1.54, 1.807) is 45.9 Å². The summed E-state index contributed by atoms with van der Waals surface area (Å²) in [6.45, 7) is 6.66. The molecule has 3 atom stereocenters. The first-order valence-corrected chi connectivity index (χ1v) is 15.0. The Hall–Kier alpha value is -3.97. The molecule has 14 heteroatoms. The molecule has 0 bridgehead atoms. The van der Waals surface area contributed by atoms with Crippen molar-refractivity contribution >= 4 is 41.4 Å². The number of carbonyl (C=O) groups is 3. The summed E-state index contributed by atoms with van der Waals surface area (Å²) in [6.07, 6.45) is -3.91. The van der Waals surface area contributed by atoms with Gasteiger partial charge in [0, 0.05) is 20.0 Å². The maximum atomic E-state index is 14.4. The molecular weight excluding hydrogens is 626 g/mol. The first-order valence-electron chi connectivity index (χ1n) is 14.7. The predicted octanol–water partition coefficient (Wildman–Crippen LogP) is 6.54. The molecule has 3 N–H and O–H groups in total. The Labute approximate surface area is 272 Å². The van der Waals surface area contributed by atoms with Gasteiger partial charge >= 0.3 is 18.2 Å². The van der Waals surface area contributed by atoms with Gasteiger partial charge in [-0.1, -0.05) is 54.1 Å². The average molecular weight is 667 g/mol. The molecule has 2 aromatic carbocycles. The standard InChI is InChI=1S/C32H41ClF2N4O7/c1-30(2,3)46-29(42)38-27(36-21-15-16-32(34,35)24(17-21)43-5)39-31(4,18-25(40)44-6)22-13-10-14-23(26(22)33)37-28(41)45-19-20-11-8-7-9-12-20/h7-14,21,24H,15-19H2,1-6H3,(H,37,41)(H2,36,38,39,42)/t21?,24?,31-/m0/s1. The number of nitrogens with zero attached hydrogens (tertiary/aromatic N) is 1. The largest absolute Gasteiger partial charge is 0.469 e. The monoisotopic (exact) mass is 666 g/mol. The Morgan fingerprint density at radius 2 is 1.72 bits per heavy atom. The lowest BCUT2D eigenvalue weighted by Gasteiger charge is -2.36. The van der Waals surface area contributed by atoms with Crippen LogP contribution in [0.1, 0.15) is 64.5 Å². The number of amides is 2. The molecular formula is C32H41ClF2N4O7. The number of rotatable bonds is 9. The highest BCUT2D eigenvalue weighted by atomic mass is 35.5. The van der Waals surface area contributed by atoms with Gasteiger partial charge in [0.1, 0.15) is 18.3 Å². The van der Waals surface area contributed by atoms with Gasteiger partial charge in [-0.3, -0.25) is 15.4 Å². The molecule has 1 fully saturated rings. The Kier molecular flexibility index (Phi) is 12.3. The minimum Gasteiger partial charge on any atom is -0.469 e. The quantitative estimate of drug-likeness (QED) is 0.119. The minimum atomic E-state index is -3.03. The maximum Gasteiger partial charge on any atom is 0.414 e. The fourth-order valence-electron chi connectivity index (χ4n) is 4.87. The normalized spacial score (nSPS) is 19.3. The second-order valence-corrected chi connectivity index (χ2v) is 12.5. The molecule has 0 spiro atoms. The first-order chi connectivity index (χ1) is 21.5. The Balaban J connectivity index is 1.95. The average Bonchev–Trinajstić information content (AvgIpc) is 2.97. The van der Waals surface area contributed by atoms with E-state index >= 15 is 0 Å². The van der Waals surface area contributed by atoms with Crippen molar-refractivity contribution in [2.24, 2.45) is 4.99 Å². The van der Waals surface area contributed by atoms with Crippen LogP contribution in [-0.4, -0.2) is 62.0 Å². The second-order valence-electron chi connectivity index (χ2n) is 12.1. The zero-order valence-corrected chi connectivity index (χ0v) is 27.5. The summed E-state index contributed by atoms with van der Waals surface area (Å²) in [5, 5.41) is 8.31. The Morgan fingerprint density at radius 1 is 1.02 bits per heavy atom. The van der Waals surface area contributed by atoms with Gasteiger partial charge in [0.15, 0.2) is 0 Å². The van der Waals surface area contributed by atoms with Crippen molar-refractivity contribution in [3.63, 3.8) is 0 Å². The predicted molar refractivity (Wildman–Crippen MR) is 169 cm³/mol. The highest BCUT2D eigenvalue weighted by molar-refractivity contribution is 6.34. The van der Waals surface area contributed by atoms with Crippen LogP contribution in [0, 0.1) is 0 Å². The second kappa shape index (κ2) is 15.5. The molecule has 2 aromatic rings. The molecule has 2 amide bonds. The number of hydrogen-bond acceptors (Lipinski definition) is 8. The van der Waals surface area contributed by atoms with E-state index < -0.39 is 53.8 Å². The lowest BCUT2D eigenvalue weighted by atomic mass is 9.88. The number of esters is 1. The summed E-state index contributed by atoms with van der Waals surface area (Å²) in [6, 6.07) is 13.2. The molecule has 1 saturated carbocycles. The topological polar surface area (TPSA) is 137 Å². The third-order valence-electron chi connectivity index (χ3n) is 7.15. The zero-order chi connectivity index (χ0) is 34.1. The number of carbonyl (C=O) groups excluding carboxylic acids is 3. The Bertz CT molecular complexity index is 1400. The van der Waals surface area contributed by atoms with E-state index in [4.69, 9.17) is 30.5 Å². The molecule has 252 valence electrons. The molecule has 0 heterocycles. The van der Waals surface area contributed by atoms with Gasteiger partial charge in [-0.15, -0.1) is 0 Å². The lowest BCUT2D eigenvalue weighted by Crippen LogP contribution is -2.53. The molecule has 0 aliphatic heterocycles. The van der Waals surface area contributed by atoms with E-state index in [1.165, 1.54) is 14.2 Å². The number of halogens is 3. The highest BCUT2D eigenvalue weighted by Crippen LogP contribution is 2.38. The number of guanidine groups is 1. The van der Waals surface area contributed by atoms with E-state index in [9.17, 15) is 23.2 Å². The summed E-state index contributed by atoms with van der Waals surface area (Å²) in [5.74, 6) is -3.82. The van der Waals surface area contributed by atoms with Crippen molar-refractivity contribution in [1.29, 1.82) is 0 Å². The SMILES string of the molecule is COC(=O)C[C@](C)(NC(=NC1CCC(F)(F)C(OC)C1)NC(=O)OC(C)(C)C)c1cccc(NC(=O)OCc2ccccc2)c1Cl. The van der Waals surface area contributed by atoms with Crippen molar-refractivity contribution in [3.05, 3.63) is 64.7 Å². The van der Waals surface area contributed by atoms with Gasteiger partial charge in [-0.05, 0) is 51.3 Å².